The number of H-pyrrole nitrogens is 1. The van der Waals surface area contributed by atoms with Crippen molar-refractivity contribution in [2.75, 3.05) is 0 Å². The van der Waals surface area contributed by atoms with Gasteiger partial charge in [0.2, 0.25) is 5.42 Å². The molecule has 4 rings (SSSR count). The Hall–Kier alpha value is -2.79. The standard InChI is InChI=1S/C16H9ClN2O3/c17-9-5-7-10(8-6-9)19-15(20)13-14(16(19)21)22-12-4-2-1-3-11(12)18-13/h1-8,18H. The van der Waals surface area contributed by atoms with Gasteiger partial charge in [0.05, 0.1) is 11.2 Å². The molecule has 2 aromatic carbocycles. The van der Waals surface area contributed by atoms with Gasteiger partial charge < -0.3 is 9.40 Å². The average molecular weight is 313 g/mol. The van der Waals surface area contributed by atoms with E-state index in [1.165, 1.54) is 0 Å². The van der Waals surface area contributed by atoms with E-state index in [0.29, 0.717) is 21.8 Å². The molecule has 0 amide bonds. The minimum absolute atomic E-state index is 0.0126. The summed E-state index contributed by atoms with van der Waals surface area (Å²) in [5, 5.41) is 0.681. The van der Waals surface area contributed by atoms with Gasteiger partial charge in [-0.25, -0.2) is 4.57 Å². The molecule has 0 atom stereocenters. The van der Waals surface area contributed by atoms with E-state index in [9.17, 15) is 9.59 Å². The van der Waals surface area contributed by atoms with Crippen LogP contribution in [-0.2, 0) is 0 Å². The quantitative estimate of drug-likeness (QED) is 0.587. The fraction of sp³-hybridized carbons (Fsp3) is 0. The Morgan fingerprint density at radius 2 is 1.68 bits per heavy atom. The van der Waals surface area contributed by atoms with Crippen LogP contribution in [0, 0.1) is 10.8 Å². The topological polar surface area (TPSA) is 68.0 Å². The lowest BCUT2D eigenvalue weighted by molar-refractivity contribution is 0.556. The summed E-state index contributed by atoms with van der Waals surface area (Å²) in [5.74, 6) is 0. The van der Waals surface area contributed by atoms with Gasteiger partial charge in [0, 0.05) is 5.02 Å². The van der Waals surface area contributed by atoms with Gasteiger partial charge in [-0.3, -0.25) is 9.59 Å². The first-order valence-electron chi connectivity index (χ1n) is 6.58. The van der Waals surface area contributed by atoms with Crippen molar-refractivity contribution in [1.29, 1.82) is 0 Å². The molecule has 0 spiro atoms. The second kappa shape index (κ2) is 4.61. The lowest BCUT2D eigenvalue weighted by atomic mass is 10.3. The first-order valence-corrected chi connectivity index (χ1v) is 6.95. The second-order valence-electron chi connectivity index (χ2n) is 4.85. The average Bonchev–Trinajstić information content (AvgIpc) is 2.78. The van der Waals surface area contributed by atoms with Crippen LogP contribution in [0.3, 0.4) is 0 Å². The van der Waals surface area contributed by atoms with Gasteiger partial charge in [0.25, 0.3) is 5.56 Å². The van der Waals surface area contributed by atoms with E-state index in [4.69, 9.17) is 16.0 Å². The molecule has 0 unspecified atom stereocenters. The van der Waals surface area contributed by atoms with Crippen molar-refractivity contribution < 1.29 is 4.42 Å². The summed E-state index contributed by atoms with van der Waals surface area (Å²) in [6.45, 7) is 0. The summed E-state index contributed by atoms with van der Waals surface area (Å²) in [6.07, 6.45) is 0. The third-order valence-corrected chi connectivity index (χ3v) is 3.74. The highest BCUT2D eigenvalue weighted by Gasteiger charge is 2.14. The van der Waals surface area contributed by atoms with E-state index >= 15 is 0 Å². The van der Waals surface area contributed by atoms with Gasteiger partial charge in [-0.15, -0.1) is 0 Å². The second-order valence-corrected chi connectivity index (χ2v) is 5.29. The van der Waals surface area contributed by atoms with Crippen molar-refractivity contribution >= 4 is 22.7 Å². The van der Waals surface area contributed by atoms with Crippen molar-refractivity contribution in [1.82, 2.24) is 9.55 Å². The Morgan fingerprint density at radius 1 is 0.955 bits per heavy atom. The van der Waals surface area contributed by atoms with Gasteiger partial charge in [-0.05, 0) is 36.4 Å². The molecule has 0 bridgehead atoms. The highest BCUT2D eigenvalue weighted by molar-refractivity contribution is 6.30. The third-order valence-electron chi connectivity index (χ3n) is 3.48. The SMILES string of the molecule is O=c1c2[nH]c3ccccc3oc=2c(=O)n1-c1ccc(Cl)cc1. The Morgan fingerprint density at radius 3 is 2.45 bits per heavy atom. The lowest BCUT2D eigenvalue weighted by Crippen LogP contribution is -2.24. The number of aromatic amines is 1. The minimum atomic E-state index is -0.496. The van der Waals surface area contributed by atoms with Crippen LogP contribution < -0.4 is 11.1 Å². The summed E-state index contributed by atoms with van der Waals surface area (Å²) in [4.78, 5) is 28.0. The molecule has 0 aromatic heterocycles. The number of hydrogen-bond donors (Lipinski definition) is 1. The van der Waals surface area contributed by atoms with Crippen LogP contribution >= 0.6 is 11.6 Å². The largest absolute Gasteiger partial charge is 0.447 e. The van der Waals surface area contributed by atoms with Crippen molar-refractivity contribution in [3.8, 4) is 5.69 Å². The number of halogens is 1. The highest BCUT2D eigenvalue weighted by atomic mass is 35.5. The molecular formula is C16H9ClN2O3. The number of nitrogens with zero attached hydrogens (tertiary/aromatic N) is 1. The predicted molar refractivity (Wildman–Crippen MR) is 82.7 cm³/mol. The van der Waals surface area contributed by atoms with Crippen LogP contribution in [-0.4, -0.2) is 9.55 Å². The Balaban J connectivity index is 2.14. The van der Waals surface area contributed by atoms with Crippen LogP contribution in [0.1, 0.15) is 0 Å². The number of fused-ring (bicyclic) bond motifs is 1. The van der Waals surface area contributed by atoms with Crippen LogP contribution in [0.5, 0.6) is 0 Å². The molecule has 108 valence electrons. The van der Waals surface area contributed by atoms with Crippen LogP contribution in [0.15, 0.2) is 62.5 Å². The molecule has 0 fully saturated rings. The fourth-order valence-electron chi connectivity index (χ4n) is 2.44. The van der Waals surface area contributed by atoms with Crippen LogP contribution in [0.25, 0.3) is 16.8 Å². The van der Waals surface area contributed by atoms with Crippen LogP contribution in [0.4, 0.5) is 0 Å². The lowest BCUT2D eigenvalue weighted by Gasteiger charge is -1.99. The van der Waals surface area contributed by atoms with Crippen molar-refractivity contribution in [2.24, 2.45) is 0 Å². The summed E-state index contributed by atoms with van der Waals surface area (Å²) >= 11 is 5.84. The van der Waals surface area contributed by atoms with E-state index in [1.807, 2.05) is 6.07 Å². The van der Waals surface area contributed by atoms with Crippen molar-refractivity contribution in [3.63, 3.8) is 0 Å². The van der Waals surface area contributed by atoms with Crippen LogP contribution in [0.2, 0.25) is 5.02 Å². The third kappa shape index (κ3) is 1.79. The monoisotopic (exact) mass is 312 g/mol. The summed E-state index contributed by atoms with van der Waals surface area (Å²) < 4.78 is 6.66. The number of rotatable bonds is 1. The van der Waals surface area contributed by atoms with Gasteiger partial charge in [-0.2, -0.15) is 0 Å². The highest BCUT2D eigenvalue weighted by Crippen LogP contribution is 2.13. The maximum absolute atomic E-state index is 12.5. The zero-order valence-corrected chi connectivity index (χ0v) is 11.9. The number of benzene rings is 2. The number of nitrogens with one attached hydrogen (secondary N) is 1. The minimum Gasteiger partial charge on any atom is -0.447 e. The molecule has 1 N–H and O–H groups in total. The molecule has 0 saturated heterocycles. The molecule has 22 heavy (non-hydrogen) atoms. The Bertz CT molecular complexity index is 1100. The first kappa shape index (κ1) is 12.9. The van der Waals surface area contributed by atoms with Crippen molar-refractivity contribution in [3.05, 3.63) is 85.0 Å². The molecule has 2 heterocycles. The summed E-state index contributed by atoms with van der Waals surface area (Å²) in [7, 11) is 0. The zero-order chi connectivity index (χ0) is 15.3. The first-order chi connectivity index (χ1) is 10.6. The van der Waals surface area contributed by atoms with Gasteiger partial charge in [0.1, 0.15) is 0 Å². The Kier molecular flexibility index (Phi) is 2.71. The smallest absolute Gasteiger partial charge is 0.303 e. The van der Waals surface area contributed by atoms with Crippen molar-refractivity contribution in [2.45, 2.75) is 0 Å². The maximum atomic E-state index is 12.5. The summed E-state index contributed by atoms with van der Waals surface area (Å²) in [5.41, 5.74) is 0.684. The molecule has 5 nitrogen and oxygen atoms in total. The molecule has 6 heteroatoms. The van der Waals surface area contributed by atoms with E-state index < -0.39 is 11.1 Å². The van der Waals surface area contributed by atoms with Gasteiger partial charge in [-0.1, -0.05) is 23.7 Å². The van der Waals surface area contributed by atoms with E-state index in [1.54, 1.807) is 42.5 Å². The van der Waals surface area contributed by atoms with Gasteiger partial charge >= 0.3 is 5.56 Å². The number of para-hydroxylation sites is 2. The van der Waals surface area contributed by atoms with E-state index in [-0.39, 0.29) is 10.8 Å². The maximum Gasteiger partial charge on any atom is 0.303 e. The molecular weight excluding hydrogens is 304 g/mol. The molecule has 0 saturated carbocycles. The predicted octanol–water partition coefficient (Wildman–Crippen LogP) is 2.65. The fourth-order valence-corrected chi connectivity index (χ4v) is 2.57. The molecule has 0 radical (unpaired) electrons. The molecule has 0 aliphatic carbocycles. The number of hydrogen-bond acceptors (Lipinski definition) is 3. The normalized spacial score (nSPS) is 11.3. The molecule has 2 aromatic rings. The Labute approximate surface area is 128 Å². The van der Waals surface area contributed by atoms with Gasteiger partial charge in [0.15, 0.2) is 10.9 Å². The van der Waals surface area contributed by atoms with E-state index in [0.717, 1.165) is 4.57 Å². The van der Waals surface area contributed by atoms with E-state index in [2.05, 4.69) is 4.98 Å². The number of aromatic nitrogens is 2. The zero-order valence-electron chi connectivity index (χ0n) is 11.2. The molecule has 2 aliphatic heterocycles. The summed E-state index contributed by atoms with van der Waals surface area (Å²) in [6, 6.07) is 13.6. The molecule has 2 aliphatic rings.